The summed E-state index contributed by atoms with van der Waals surface area (Å²) < 4.78 is 25.8. The molecule has 0 saturated carbocycles. The van der Waals surface area contributed by atoms with Gasteiger partial charge in [-0.3, -0.25) is 20.2 Å². The van der Waals surface area contributed by atoms with Gasteiger partial charge >= 0.3 is 0 Å². The molecule has 3 N–H and O–H groups in total. The third-order valence-corrected chi connectivity index (χ3v) is 6.87. The van der Waals surface area contributed by atoms with E-state index >= 15 is 0 Å². The number of carbonyl (C=O) groups excluding carboxylic acids is 2. The molecule has 2 rings (SSSR count). The zero-order valence-electron chi connectivity index (χ0n) is 21.1. The number of carbonyl (C=O) groups is 2. The van der Waals surface area contributed by atoms with Crippen LogP contribution in [0.2, 0.25) is 0 Å². The summed E-state index contributed by atoms with van der Waals surface area (Å²) in [6, 6.07) is 19.2. The van der Waals surface area contributed by atoms with Gasteiger partial charge in [0.25, 0.3) is 0 Å². The van der Waals surface area contributed by atoms with E-state index in [0.717, 1.165) is 21.8 Å². The number of hydrogen-bond acceptors (Lipinski definition) is 5. The summed E-state index contributed by atoms with van der Waals surface area (Å²) in [5, 5.41) is 9.36. The first-order valence-electron chi connectivity index (χ1n) is 12.1. The lowest BCUT2D eigenvalue weighted by Crippen LogP contribution is -2.51. The maximum atomic E-state index is 13.4. The Morgan fingerprint density at radius 1 is 0.972 bits per heavy atom. The summed E-state index contributed by atoms with van der Waals surface area (Å²) in [6.07, 6.45) is 6.35. The molecule has 9 heteroatoms. The molecule has 0 heterocycles. The van der Waals surface area contributed by atoms with E-state index in [1.54, 1.807) is 11.6 Å². The standard InChI is InChI=1S/C27H37N3O5S/c1-21(2)20-25(24(27(32)29-33)18-10-16-22-12-6-4-7-13-22)26(31)28-30(36(3,34)35)19-11-17-23-14-8-5-9-15-23/h4-10,12-16,21,24-25,33H,11,17-20H2,1-3H3,(H,28,31)(H,29,32)/t24-,25+/m0/s1. The molecule has 0 unspecified atom stereocenters. The molecule has 0 aliphatic rings. The lowest BCUT2D eigenvalue weighted by molar-refractivity contribution is -0.141. The Balaban J connectivity index is 2.18. The van der Waals surface area contributed by atoms with Crippen LogP contribution in [-0.4, -0.2) is 42.7 Å². The summed E-state index contributed by atoms with van der Waals surface area (Å²) in [4.78, 5) is 25.9. The van der Waals surface area contributed by atoms with E-state index in [4.69, 9.17) is 0 Å². The van der Waals surface area contributed by atoms with Crippen LogP contribution in [0.3, 0.4) is 0 Å². The van der Waals surface area contributed by atoms with Crippen LogP contribution in [0.15, 0.2) is 66.7 Å². The second-order valence-electron chi connectivity index (χ2n) is 9.27. The fraction of sp³-hybridized carbons (Fsp3) is 0.407. The van der Waals surface area contributed by atoms with Crippen LogP contribution in [0.4, 0.5) is 0 Å². The minimum absolute atomic E-state index is 0.0533. The van der Waals surface area contributed by atoms with Gasteiger partial charge in [0.2, 0.25) is 21.8 Å². The first-order valence-corrected chi connectivity index (χ1v) is 13.9. The first kappa shape index (κ1) is 29.2. The van der Waals surface area contributed by atoms with Gasteiger partial charge in [0.05, 0.1) is 18.1 Å². The Labute approximate surface area is 214 Å². The quantitative estimate of drug-likeness (QED) is 0.261. The molecule has 8 nitrogen and oxygen atoms in total. The molecular formula is C27H37N3O5S. The van der Waals surface area contributed by atoms with Crippen molar-refractivity contribution in [3.8, 4) is 0 Å². The SMILES string of the molecule is CC(C)C[C@@H](C(=O)NN(CCCc1ccccc1)S(C)(=O)=O)[C@H](CC=Cc1ccccc1)C(=O)NO. The largest absolute Gasteiger partial charge is 0.289 e. The fourth-order valence-corrected chi connectivity index (χ4v) is 4.71. The molecule has 0 bridgehead atoms. The Hall–Kier alpha value is -3.01. The van der Waals surface area contributed by atoms with Gasteiger partial charge in [0.1, 0.15) is 0 Å². The summed E-state index contributed by atoms with van der Waals surface area (Å²) in [6.45, 7) is 3.93. The van der Waals surface area contributed by atoms with Gasteiger partial charge in [0.15, 0.2) is 0 Å². The number of rotatable bonds is 14. The highest BCUT2D eigenvalue weighted by Crippen LogP contribution is 2.26. The summed E-state index contributed by atoms with van der Waals surface area (Å²) in [5.74, 6) is -2.95. The predicted octanol–water partition coefficient (Wildman–Crippen LogP) is 3.80. The Morgan fingerprint density at radius 2 is 1.58 bits per heavy atom. The van der Waals surface area contributed by atoms with E-state index in [9.17, 15) is 23.2 Å². The number of hydroxylamine groups is 1. The smallest absolute Gasteiger partial charge is 0.247 e. The Morgan fingerprint density at radius 3 is 2.14 bits per heavy atom. The number of sulfonamides is 1. The number of hydrazine groups is 1. The van der Waals surface area contributed by atoms with E-state index in [2.05, 4.69) is 5.43 Å². The van der Waals surface area contributed by atoms with Crippen molar-refractivity contribution in [1.29, 1.82) is 0 Å². The van der Waals surface area contributed by atoms with Gasteiger partial charge in [-0.05, 0) is 42.7 Å². The molecule has 2 aromatic rings. The normalized spacial score (nSPS) is 13.6. The van der Waals surface area contributed by atoms with Gasteiger partial charge in [-0.15, -0.1) is 4.41 Å². The Bertz CT molecular complexity index is 1090. The lowest BCUT2D eigenvalue weighted by atomic mass is 9.82. The van der Waals surface area contributed by atoms with E-state index in [0.29, 0.717) is 19.3 Å². The third kappa shape index (κ3) is 9.93. The average Bonchev–Trinajstić information content (AvgIpc) is 2.85. The summed E-state index contributed by atoms with van der Waals surface area (Å²) in [5.41, 5.74) is 6.22. The molecule has 0 fully saturated rings. The minimum atomic E-state index is -3.74. The monoisotopic (exact) mass is 515 g/mol. The van der Waals surface area contributed by atoms with Crippen LogP contribution in [0.25, 0.3) is 6.08 Å². The molecule has 0 aliphatic heterocycles. The van der Waals surface area contributed by atoms with Gasteiger partial charge in [0, 0.05) is 6.54 Å². The molecular weight excluding hydrogens is 478 g/mol. The molecule has 196 valence electrons. The number of hydrogen-bond donors (Lipinski definition) is 3. The van der Waals surface area contributed by atoms with Gasteiger partial charge < -0.3 is 0 Å². The van der Waals surface area contributed by atoms with Crippen LogP contribution < -0.4 is 10.9 Å². The van der Waals surface area contributed by atoms with Crippen LogP contribution >= 0.6 is 0 Å². The highest BCUT2D eigenvalue weighted by Gasteiger charge is 2.35. The molecule has 0 aromatic heterocycles. The molecule has 0 saturated heterocycles. The predicted molar refractivity (Wildman–Crippen MR) is 141 cm³/mol. The summed E-state index contributed by atoms with van der Waals surface area (Å²) in [7, 11) is -3.74. The Kier molecular flexibility index (Phi) is 11.8. The number of nitrogens with zero attached hydrogens (tertiary/aromatic N) is 1. The van der Waals surface area contributed by atoms with E-state index in [1.165, 1.54) is 0 Å². The maximum absolute atomic E-state index is 13.4. The van der Waals surface area contributed by atoms with E-state index < -0.39 is 33.7 Å². The molecule has 2 atom stereocenters. The number of benzene rings is 2. The fourth-order valence-electron chi connectivity index (χ4n) is 4.00. The average molecular weight is 516 g/mol. The molecule has 0 spiro atoms. The maximum Gasteiger partial charge on any atom is 0.247 e. The van der Waals surface area contributed by atoms with Crippen molar-refractivity contribution in [1.82, 2.24) is 15.3 Å². The highest BCUT2D eigenvalue weighted by atomic mass is 32.2. The van der Waals surface area contributed by atoms with E-state index in [-0.39, 0.29) is 18.9 Å². The van der Waals surface area contributed by atoms with E-state index in [1.807, 2.05) is 80.6 Å². The van der Waals surface area contributed by atoms with Gasteiger partial charge in [-0.1, -0.05) is 86.7 Å². The second kappa shape index (κ2) is 14.5. The van der Waals surface area contributed by atoms with Crippen molar-refractivity contribution in [3.05, 3.63) is 77.9 Å². The van der Waals surface area contributed by atoms with Crippen LogP contribution in [-0.2, 0) is 26.0 Å². The van der Waals surface area contributed by atoms with Crippen LogP contribution in [0, 0.1) is 17.8 Å². The van der Waals surface area contributed by atoms with Crippen molar-refractivity contribution in [2.45, 2.75) is 39.5 Å². The van der Waals surface area contributed by atoms with Gasteiger partial charge in [-0.2, -0.15) is 0 Å². The molecule has 36 heavy (non-hydrogen) atoms. The topological polar surface area (TPSA) is 116 Å². The van der Waals surface area contributed by atoms with Crippen molar-refractivity contribution in [2.24, 2.45) is 17.8 Å². The van der Waals surface area contributed by atoms with Crippen molar-refractivity contribution in [3.63, 3.8) is 0 Å². The van der Waals surface area contributed by atoms with Crippen molar-refractivity contribution >= 4 is 27.9 Å². The third-order valence-electron chi connectivity index (χ3n) is 5.80. The number of nitrogens with one attached hydrogen (secondary N) is 2. The molecule has 2 amide bonds. The molecule has 0 aliphatic carbocycles. The van der Waals surface area contributed by atoms with Crippen molar-refractivity contribution in [2.75, 3.05) is 12.8 Å². The zero-order chi connectivity index (χ0) is 26.6. The zero-order valence-corrected chi connectivity index (χ0v) is 21.9. The number of aryl methyl sites for hydroxylation is 1. The van der Waals surface area contributed by atoms with Crippen LogP contribution in [0.5, 0.6) is 0 Å². The van der Waals surface area contributed by atoms with Crippen molar-refractivity contribution < 1.29 is 23.2 Å². The number of amides is 2. The minimum Gasteiger partial charge on any atom is -0.289 e. The van der Waals surface area contributed by atoms with Crippen LogP contribution in [0.1, 0.15) is 44.2 Å². The summed E-state index contributed by atoms with van der Waals surface area (Å²) >= 11 is 0. The number of allylic oxidation sites excluding steroid dienone is 1. The second-order valence-corrected chi connectivity index (χ2v) is 11.2. The lowest BCUT2D eigenvalue weighted by Gasteiger charge is -2.28. The highest BCUT2D eigenvalue weighted by molar-refractivity contribution is 7.88. The molecule has 0 radical (unpaired) electrons. The molecule has 2 aromatic carbocycles. The van der Waals surface area contributed by atoms with Gasteiger partial charge in [-0.25, -0.2) is 13.9 Å². The first-order chi connectivity index (χ1) is 17.1.